The third kappa shape index (κ3) is 1.35. The van der Waals surface area contributed by atoms with Gasteiger partial charge in [-0.2, -0.15) is 0 Å². The molecule has 0 radical (unpaired) electrons. The van der Waals surface area contributed by atoms with Crippen LogP contribution in [0.4, 0.5) is 4.39 Å². The van der Waals surface area contributed by atoms with Gasteiger partial charge in [-0.1, -0.05) is 6.07 Å². The molecule has 0 spiro atoms. The Bertz CT molecular complexity index is 515. The Balaban J connectivity index is 2.09. The van der Waals surface area contributed by atoms with Gasteiger partial charge in [0.1, 0.15) is 0 Å². The molecule has 1 aromatic carbocycles. The van der Waals surface area contributed by atoms with Gasteiger partial charge >= 0.3 is 0 Å². The van der Waals surface area contributed by atoms with Crippen molar-refractivity contribution in [1.29, 1.82) is 0 Å². The molecule has 1 aliphatic carbocycles. The lowest BCUT2D eigenvalue weighted by molar-refractivity contribution is 0.143. The molecule has 3 heteroatoms. The molecule has 84 valence electrons. The number of H-pyrrole nitrogens is 1. The molecular weight excluding hydrogens is 203 g/mol. The van der Waals surface area contributed by atoms with Crippen molar-refractivity contribution in [2.45, 2.75) is 18.5 Å². The Labute approximate surface area is 93.6 Å². The SMILES string of the molecule is NCC(F)(c1ccc2[nH]ccc2c1)C1CC1. The van der Waals surface area contributed by atoms with Gasteiger partial charge in [-0.15, -0.1) is 0 Å². The zero-order valence-corrected chi connectivity index (χ0v) is 9.04. The first-order valence-corrected chi connectivity index (χ1v) is 5.70. The summed E-state index contributed by atoms with van der Waals surface area (Å²) in [6, 6.07) is 7.65. The highest BCUT2D eigenvalue weighted by Gasteiger charge is 2.46. The topological polar surface area (TPSA) is 41.8 Å². The minimum absolute atomic E-state index is 0.0770. The predicted molar refractivity (Wildman–Crippen MR) is 62.9 cm³/mol. The molecule has 1 aliphatic rings. The molecule has 1 fully saturated rings. The number of halogens is 1. The smallest absolute Gasteiger partial charge is 0.150 e. The highest BCUT2D eigenvalue weighted by molar-refractivity contribution is 5.80. The number of alkyl halides is 1. The lowest BCUT2D eigenvalue weighted by atomic mass is 9.90. The van der Waals surface area contributed by atoms with Crippen molar-refractivity contribution >= 4 is 10.9 Å². The first kappa shape index (κ1) is 9.85. The van der Waals surface area contributed by atoms with Gasteiger partial charge in [-0.25, -0.2) is 4.39 Å². The van der Waals surface area contributed by atoms with E-state index in [1.54, 1.807) is 0 Å². The second-order valence-electron chi connectivity index (χ2n) is 4.62. The van der Waals surface area contributed by atoms with Crippen molar-refractivity contribution < 1.29 is 4.39 Å². The second kappa shape index (κ2) is 3.32. The molecule has 1 aromatic heterocycles. The van der Waals surface area contributed by atoms with Crippen LogP contribution in [0.15, 0.2) is 30.5 Å². The molecule has 2 aromatic rings. The summed E-state index contributed by atoms with van der Waals surface area (Å²) in [5.74, 6) is 0.119. The summed E-state index contributed by atoms with van der Waals surface area (Å²) in [5, 5.41) is 1.05. The monoisotopic (exact) mass is 218 g/mol. The number of benzene rings is 1. The van der Waals surface area contributed by atoms with E-state index in [-0.39, 0.29) is 12.5 Å². The van der Waals surface area contributed by atoms with E-state index < -0.39 is 5.67 Å². The summed E-state index contributed by atoms with van der Waals surface area (Å²) in [5.41, 5.74) is 6.06. The van der Waals surface area contributed by atoms with Gasteiger partial charge < -0.3 is 10.7 Å². The fourth-order valence-corrected chi connectivity index (χ4v) is 2.37. The summed E-state index contributed by atoms with van der Waals surface area (Å²) in [6.45, 7) is 0.0770. The quantitative estimate of drug-likeness (QED) is 0.817. The van der Waals surface area contributed by atoms with Crippen LogP contribution in [0.2, 0.25) is 0 Å². The van der Waals surface area contributed by atoms with Crippen LogP contribution in [0.3, 0.4) is 0 Å². The average molecular weight is 218 g/mol. The van der Waals surface area contributed by atoms with Gasteiger partial charge in [0, 0.05) is 18.3 Å². The van der Waals surface area contributed by atoms with Gasteiger partial charge in [-0.3, -0.25) is 0 Å². The van der Waals surface area contributed by atoms with Crippen LogP contribution in [0, 0.1) is 5.92 Å². The maximum atomic E-state index is 14.7. The normalized spacial score (nSPS) is 19.9. The standard InChI is InChI=1S/C13H15FN2/c14-13(8-15,10-1-2-10)11-3-4-12-9(7-11)5-6-16-12/h3-7,10,16H,1-2,8,15H2. The van der Waals surface area contributed by atoms with Gasteiger partial charge in [0.2, 0.25) is 0 Å². The van der Waals surface area contributed by atoms with Crippen LogP contribution in [-0.2, 0) is 5.67 Å². The largest absolute Gasteiger partial charge is 0.361 e. The molecule has 2 nitrogen and oxygen atoms in total. The van der Waals surface area contributed by atoms with Crippen LogP contribution in [0.1, 0.15) is 18.4 Å². The minimum atomic E-state index is -1.33. The number of fused-ring (bicyclic) bond motifs is 1. The Morgan fingerprint density at radius 1 is 1.38 bits per heavy atom. The van der Waals surface area contributed by atoms with Crippen LogP contribution in [0.5, 0.6) is 0 Å². The van der Waals surface area contributed by atoms with E-state index in [0.717, 1.165) is 29.3 Å². The van der Waals surface area contributed by atoms with Crippen LogP contribution >= 0.6 is 0 Å². The Morgan fingerprint density at radius 2 is 2.19 bits per heavy atom. The van der Waals surface area contributed by atoms with E-state index in [0.29, 0.717) is 0 Å². The number of hydrogen-bond donors (Lipinski definition) is 2. The Hall–Kier alpha value is -1.35. The number of nitrogens with one attached hydrogen (secondary N) is 1. The van der Waals surface area contributed by atoms with Crippen molar-refractivity contribution in [3.05, 3.63) is 36.0 Å². The molecule has 1 atom stereocenters. The van der Waals surface area contributed by atoms with E-state index >= 15 is 0 Å². The molecule has 0 saturated heterocycles. The summed E-state index contributed by atoms with van der Waals surface area (Å²) in [7, 11) is 0. The van der Waals surface area contributed by atoms with Crippen molar-refractivity contribution in [3.63, 3.8) is 0 Å². The van der Waals surface area contributed by atoms with E-state index in [9.17, 15) is 4.39 Å². The number of aromatic amines is 1. The lowest BCUT2D eigenvalue weighted by Crippen LogP contribution is -2.32. The van der Waals surface area contributed by atoms with Crippen molar-refractivity contribution in [1.82, 2.24) is 4.98 Å². The number of hydrogen-bond acceptors (Lipinski definition) is 1. The molecular formula is C13H15FN2. The highest BCUT2D eigenvalue weighted by Crippen LogP contribution is 2.48. The fraction of sp³-hybridized carbons (Fsp3) is 0.385. The first-order valence-electron chi connectivity index (χ1n) is 5.70. The molecule has 16 heavy (non-hydrogen) atoms. The maximum Gasteiger partial charge on any atom is 0.150 e. The van der Waals surface area contributed by atoms with Crippen molar-refractivity contribution in [2.24, 2.45) is 11.7 Å². The molecule has 3 N–H and O–H groups in total. The van der Waals surface area contributed by atoms with E-state index in [1.807, 2.05) is 30.5 Å². The fourth-order valence-electron chi connectivity index (χ4n) is 2.37. The minimum Gasteiger partial charge on any atom is -0.361 e. The molecule has 0 aliphatic heterocycles. The van der Waals surface area contributed by atoms with E-state index in [4.69, 9.17) is 5.73 Å². The molecule has 3 rings (SSSR count). The van der Waals surface area contributed by atoms with E-state index in [1.165, 1.54) is 0 Å². The van der Waals surface area contributed by atoms with Crippen LogP contribution in [0.25, 0.3) is 10.9 Å². The summed E-state index contributed by atoms with van der Waals surface area (Å²) in [4.78, 5) is 3.11. The van der Waals surface area contributed by atoms with Crippen LogP contribution < -0.4 is 5.73 Å². The predicted octanol–water partition coefficient (Wildman–Crippen LogP) is 2.70. The van der Waals surface area contributed by atoms with Gasteiger partial charge in [0.25, 0.3) is 0 Å². The molecule has 1 unspecified atom stereocenters. The molecule has 0 bridgehead atoms. The van der Waals surface area contributed by atoms with Gasteiger partial charge in [-0.05, 0) is 47.9 Å². The average Bonchev–Trinajstić information content (AvgIpc) is 3.06. The first-order chi connectivity index (χ1) is 7.74. The number of nitrogens with two attached hydrogens (primary N) is 1. The maximum absolute atomic E-state index is 14.7. The Morgan fingerprint density at radius 3 is 2.88 bits per heavy atom. The number of aromatic nitrogens is 1. The Kier molecular flexibility index (Phi) is 2.04. The zero-order chi connectivity index (χ0) is 11.2. The van der Waals surface area contributed by atoms with Crippen molar-refractivity contribution in [2.75, 3.05) is 6.54 Å². The van der Waals surface area contributed by atoms with Gasteiger partial charge in [0.15, 0.2) is 5.67 Å². The highest BCUT2D eigenvalue weighted by atomic mass is 19.1. The third-order valence-electron chi connectivity index (χ3n) is 3.55. The van der Waals surface area contributed by atoms with Crippen molar-refractivity contribution in [3.8, 4) is 0 Å². The lowest BCUT2D eigenvalue weighted by Gasteiger charge is -2.24. The third-order valence-corrected chi connectivity index (χ3v) is 3.55. The summed E-state index contributed by atoms with van der Waals surface area (Å²) >= 11 is 0. The zero-order valence-electron chi connectivity index (χ0n) is 9.04. The second-order valence-corrected chi connectivity index (χ2v) is 4.62. The molecule has 1 heterocycles. The number of rotatable bonds is 3. The summed E-state index contributed by atoms with van der Waals surface area (Å²) < 4.78 is 14.7. The van der Waals surface area contributed by atoms with Crippen LogP contribution in [-0.4, -0.2) is 11.5 Å². The summed E-state index contributed by atoms with van der Waals surface area (Å²) in [6.07, 6.45) is 3.78. The van der Waals surface area contributed by atoms with E-state index in [2.05, 4.69) is 4.98 Å². The molecule has 1 saturated carbocycles. The molecule has 0 amide bonds. The van der Waals surface area contributed by atoms with Gasteiger partial charge in [0.05, 0.1) is 0 Å².